The molecule has 0 N–H and O–H groups in total. The van der Waals surface area contributed by atoms with Gasteiger partial charge in [0.05, 0.1) is 18.7 Å². The topological polar surface area (TPSA) is 51.5 Å². The minimum absolute atomic E-state index is 0.0752. The summed E-state index contributed by atoms with van der Waals surface area (Å²) in [5.74, 6) is -0.0752. The van der Waals surface area contributed by atoms with E-state index < -0.39 is 0 Å². The van der Waals surface area contributed by atoms with E-state index in [-0.39, 0.29) is 12.0 Å². The summed E-state index contributed by atoms with van der Waals surface area (Å²) in [6.07, 6.45) is 0.381. The second-order valence-electron chi connectivity index (χ2n) is 6.32. The van der Waals surface area contributed by atoms with E-state index in [1.54, 1.807) is 16.4 Å². The van der Waals surface area contributed by atoms with Crippen molar-refractivity contribution in [3.8, 4) is 0 Å². The molecule has 132 valence electrons. The van der Waals surface area contributed by atoms with Gasteiger partial charge in [-0.15, -0.1) is 0 Å². The molecule has 0 saturated carbocycles. The summed E-state index contributed by atoms with van der Waals surface area (Å²) in [5, 5.41) is 1.08. The summed E-state index contributed by atoms with van der Waals surface area (Å²) < 4.78 is 6.90. The van der Waals surface area contributed by atoms with Gasteiger partial charge >= 0.3 is 6.09 Å². The number of para-hydroxylation sites is 1. The molecule has 0 spiro atoms. The predicted octanol–water partition coefficient (Wildman–Crippen LogP) is 3.84. The van der Waals surface area contributed by atoms with Gasteiger partial charge in [0.25, 0.3) is 5.91 Å². The van der Waals surface area contributed by atoms with Gasteiger partial charge in [-0.3, -0.25) is 9.36 Å². The molecule has 1 aliphatic rings. The Kier molecular flexibility index (Phi) is 4.21. The van der Waals surface area contributed by atoms with Gasteiger partial charge in [0.2, 0.25) is 0 Å². The summed E-state index contributed by atoms with van der Waals surface area (Å²) in [5.41, 5.74) is 3.53. The minimum atomic E-state index is -0.331. The Morgan fingerprint density at radius 1 is 1.04 bits per heavy atom. The molecule has 0 saturated heterocycles. The predicted molar refractivity (Wildman–Crippen MR) is 99.2 cm³/mol. The molecule has 0 unspecified atom stereocenters. The number of nitrogens with zero attached hydrogens (tertiary/aromatic N) is 2. The lowest BCUT2D eigenvalue weighted by atomic mass is 10.0. The van der Waals surface area contributed by atoms with Gasteiger partial charge in [-0.2, -0.15) is 0 Å². The molecule has 2 aromatic carbocycles. The van der Waals surface area contributed by atoms with E-state index in [1.807, 2.05) is 54.6 Å². The molecule has 0 atom stereocenters. The molecule has 1 aliphatic heterocycles. The van der Waals surface area contributed by atoms with Gasteiger partial charge in [0.1, 0.15) is 0 Å². The zero-order valence-corrected chi connectivity index (χ0v) is 14.6. The Balaban J connectivity index is 1.84. The van der Waals surface area contributed by atoms with Crippen LogP contribution in [0.5, 0.6) is 0 Å². The normalized spacial score (nSPS) is 13.5. The maximum Gasteiger partial charge on any atom is 0.410 e. The largest absolute Gasteiger partial charge is 0.450 e. The summed E-state index contributed by atoms with van der Waals surface area (Å²) in [6, 6.07) is 17.2. The molecule has 0 fully saturated rings. The Morgan fingerprint density at radius 3 is 2.54 bits per heavy atom. The average molecular weight is 348 g/mol. The van der Waals surface area contributed by atoms with Crippen molar-refractivity contribution >= 4 is 22.9 Å². The third-order valence-electron chi connectivity index (χ3n) is 4.81. The van der Waals surface area contributed by atoms with Gasteiger partial charge in [0, 0.05) is 23.2 Å². The van der Waals surface area contributed by atoms with Crippen LogP contribution in [0.1, 0.15) is 28.5 Å². The monoisotopic (exact) mass is 348 g/mol. The van der Waals surface area contributed by atoms with E-state index in [1.165, 1.54) is 0 Å². The highest BCUT2D eigenvalue weighted by Gasteiger charge is 2.29. The van der Waals surface area contributed by atoms with E-state index in [0.717, 1.165) is 22.2 Å². The van der Waals surface area contributed by atoms with Crippen LogP contribution in [0.15, 0.2) is 54.6 Å². The van der Waals surface area contributed by atoms with Crippen molar-refractivity contribution in [3.05, 3.63) is 71.4 Å². The third-order valence-corrected chi connectivity index (χ3v) is 4.81. The molecule has 0 aliphatic carbocycles. The fourth-order valence-corrected chi connectivity index (χ4v) is 3.62. The first-order chi connectivity index (χ1) is 12.7. The van der Waals surface area contributed by atoms with Crippen LogP contribution in [-0.2, 0) is 17.7 Å². The fraction of sp³-hybridized carbons (Fsp3) is 0.238. The van der Waals surface area contributed by atoms with Gasteiger partial charge in [-0.05, 0) is 37.1 Å². The number of carbonyl (C=O) groups is 2. The van der Waals surface area contributed by atoms with Crippen LogP contribution in [0.25, 0.3) is 10.9 Å². The van der Waals surface area contributed by atoms with Crippen molar-refractivity contribution in [1.82, 2.24) is 9.47 Å². The number of hydrogen-bond donors (Lipinski definition) is 0. The van der Waals surface area contributed by atoms with Crippen LogP contribution < -0.4 is 0 Å². The van der Waals surface area contributed by atoms with Crippen LogP contribution in [-0.4, -0.2) is 34.6 Å². The van der Waals surface area contributed by atoms with Crippen molar-refractivity contribution in [2.75, 3.05) is 13.2 Å². The first-order valence-corrected chi connectivity index (χ1v) is 8.83. The first kappa shape index (κ1) is 16.4. The van der Waals surface area contributed by atoms with Crippen molar-refractivity contribution in [3.63, 3.8) is 0 Å². The van der Waals surface area contributed by atoms with Crippen molar-refractivity contribution in [1.29, 1.82) is 0 Å². The zero-order valence-electron chi connectivity index (χ0n) is 14.6. The van der Waals surface area contributed by atoms with Crippen molar-refractivity contribution < 1.29 is 14.3 Å². The van der Waals surface area contributed by atoms with E-state index in [9.17, 15) is 9.59 Å². The highest BCUT2D eigenvalue weighted by Crippen LogP contribution is 2.31. The molecule has 5 nitrogen and oxygen atoms in total. The Hall–Kier alpha value is -3.08. The van der Waals surface area contributed by atoms with Crippen molar-refractivity contribution in [2.45, 2.75) is 19.9 Å². The van der Waals surface area contributed by atoms with Crippen LogP contribution >= 0.6 is 0 Å². The molecule has 5 heteroatoms. The first-order valence-electron chi connectivity index (χ1n) is 8.83. The lowest BCUT2D eigenvalue weighted by Gasteiger charge is -2.27. The van der Waals surface area contributed by atoms with Gasteiger partial charge < -0.3 is 9.64 Å². The van der Waals surface area contributed by atoms with E-state index >= 15 is 0 Å². The molecule has 4 rings (SSSR count). The molecular formula is C21H20N2O3. The summed E-state index contributed by atoms with van der Waals surface area (Å²) in [6.45, 7) is 3.11. The number of rotatable bonds is 2. The fourth-order valence-electron chi connectivity index (χ4n) is 3.62. The zero-order chi connectivity index (χ0) is 18.1. The van der Waals surface area contributed by atoms with Crippen molar-refractivity contribution in [2.24, 2.45) is 0 Å². The van der Waals surface area contributed by atoms with E-state index in [4.69, 9.17) is 4.74 Å². The smallest absolute Gasteiger partial charge is 0.410 e. The minimum Gasteiger partial charge on any atom is -0.450 e. The molecule has 0 radical (unpaired) electrons. The SMILES string of the molecule is CCOC(=O)N1CCc2c(n(C(=O)c3ccccc3)c3ccccc23)C1. The Labute approximate surface area is 151 Å². The molecule has 26 heavy (non-hydrogen) atoms. The van der Waals surface area contributed by atoms with Gasteiger partial charge in [-0.1, -0.05) is 36.4 Å². The Morgan fingerprint density at radius 2 is 1.77 bits per heavy atom. The number of carbonyl (C=O) groups excluding carboxylic acids is 2. The third kappa shape index (κ3) is 2.65. The molecule has 1 amide bonds. The number of ether oxygens (including phenoxy) is 1. The highest BCUT2D eigenvalue weighted by molar-refractivity contribution is 6.04. The summed E-state index contributed by atoms with van der Waals surface area (Å²) >= 11 is 0. The van der Waals surface area contributed by atoms with E-state index in [0.29, 0.717) is 31.7 Å². The van der Waals surface area contributed by atoms with Crippen LogP contribution in [0.2, 0.25) is 0 Å². The lowest BCUT2D eigenvalue weighted by Crippen LogP contribution is -2.37. The van der Waals surface area contributed by atoms with Gasteiger partial charge in [-0.25, -0.2) is 4.79 Å². The van der Waals surface area contributed by atoms with Crippen LogP contribution in [0.3, 0.4) is 0 Å². The van der Waals surface area contributed by atoms with Crippen LogP contribution in [0, 0.1) is 0 Å². The maximum atomic E-state index is 13.2. The van der Waals surface area contributed by atoms with E-state index in [2.05, 4.69) is 0 Å². The molecule has 1 aromatic heterocycles. The quantitative estimate of drug-likeness (QED) is 0.707. The number of amides is 1. The Bertz CT molecular complexity index is 976. The summed E-state index contributed by atoms with van der Waals surface area (Å²) in [4.78, 5) is 27.1. The standard InChI is InChI=1S/C21H20N2O3/c1-2-26-21(25)22-13-12-17-16-10-6-7-11-18(16)23(19(17)14-22)20(24)15-8-4-3-5-9-15/h3-11H,2,12-14H2,1H3. The average Bonchev–Trinajstić information content (AvgIpc) is 3.02. The molecule has 2 heterocycles. The molecule has 3 aromatic rings. The maximum absolute atomic E-state index is 13.2. The van der Waals surface area contributed by atoms with Crippen LogP contribution in [0.4, 0.5) is 4.79 Å². The second-order valence-corrected chi connectivity index (χ2v) is 6.32. The second kappa shape index (κ2) is 6.67. The lowest BCUT2D eigenvalue weighted by molar-refractivity contribution is 0.0927. The number of fused-ring (bicyclic) bond motifs is 3. The number of aromatic nitrogens is 1. The summed E-state index contributed by atoms with van der Waals surface area (Å²) in [7, 11) is 0. The number of benzene rings is 2. The highest BCUT2D eigenvalue weighted by atomic mass is 16.6. The molecular weight excluding hydrogens is 328 g/mol. The molecule has 0 bridgehead atoms. The van der Waals surface area contributed by atoms with Gasteiger partial charge in [0.15, 0.2) is 0 Å². The number of hydrogen-bond acceptors (Lipinski definition) is 3.